The number of carbonyl (C=O) groups is 1. The van der Waals surface area contributed by atoms with Crippen molar-refractivity contribution in [1.82, 2.24) is 20.1 Å². The van der Waals surface area contributed by atoms with Crippen molar-refractivity contribution in [2.24, 2.45) is 0 Å². The Bertz CT molecular complexity index is 910. The predicted octanol–water partition coefficient (Wildman–Crippen LogP) is 4.35. The Kier molecular flexibility index (Phi) is 7.74. The summed E-state index contributed by atoms with van der Waals surface area (Å²) >= 11 is 6.34. The average molecular weight is 433 g/mol. The van der Waals surface area contributed by atoms with Gasteiger partial charge in [0.1, 0.15) is 5.82 Å². The van der Waals surface area contributed by atoms with E-state index in [4.69, 9.17) is 21.1 Å². The second kappa shape index (κ2) is 10.5. The maximum atomic E-state index is 12.5. The standard InChI is InChI=1S/C22H29ClN4O3/c1-4-12-30-21-17(23)13-16(14-18(21)29-3)9-10-20(28)24-15(2)22-26-25-19-8-6-5-7-11-27(19)22/h9-10,13-15H,4-8,11-12H2,1-3H3,(H,24,28)/b10-9+. The number of fused-ring (bicyclic) bond motifs is 1. The highest BCUT2D eigenvalue weighted by molar-refractivity contribution is 6.32. The van der Waals surface area contributed by atoms with Gasteiger partial charge in [0.05, 0.1) is 24.8 Å². The third-order valence-corrected chi connectivity index (χ3v) is 5.29. The van der Waals surface area contributed by atoms with E-state index in [1.54, 1.807) is 25.3 Å². The number of nitrogens with zero attached hydrogens (tertiary/aromatic N) is 3. The molecule has 0 spiro atoms. The molecule has 0 bridgehead atoms. The Morgan fingerprint density at radius 3 is 2.93 bits per heavy atom. The molecule has 162 valence electrons. The first-order valence-electron chi connectivity index (χ1n) is 10.4. The lowest BCUT2D eigenvalue weighted by Crippen LogP contribution is -2.27. The van der Waals surface area contributed by atoms with Crippen molar-refractivity contribution in [2.75, 3.05) is 13.7 Å². The predicted molar refractivity (Wildman–Crippen MR) is 117 cm³/mol. The van der Waals surface area contributed by atoms with Crippen LogP contribution in [-0.2, 0) is 17.8 Å². The fourth-order valence-electron chi connectivity index (χ4n) is 3.51. The number of nitrogens with one attached hydrogen (secondary N) is 1. The van der Waals surface area contributed by atoms with Crippen LogP contribution in [0.5, 0.6) is 11.5 Å². The molecule has 0 saturated carbocycles. The molecule has 1 aromatic carbocycles. The number of aryl methyl sites for hydroxylation is 1. The zero-order valence-electron chi connectivity index (χ0n) is 17.8. The van der Waals surface area contributed by atoms with E-state index in [9.17, 15) is 4.79 Å². The van der Waals surface area contributed by atoms with Crippen molar-refractivity contribution in [3.8, 4) is 11.5 Å². The molecule has 2 aromatic rings. The fraction of sp³-hybridized carbons (Fsp3) is 0.500. The molecule has 3 rings (SSSR count). The van der Waals surface area contributed by atoms with E-state index in [1.165, 1.54) is 12.5 Å². The zero-order valence-corrected chi connectivity index (χ0v) is 18.5. The number of benzene rings is 1. The van der Waals surface area contributed by atoms with Crippen LogP contribution in [0.3, 0.4) is 0 Å². The Labute approximate surface area is 182 Å². The van der Waals surface area contributed by atoms with Crippen LogP contribution >= 0.6 is 11.6 Å². The molecule has 2 heterocycles. The fourth-order valence-corrected chi connectivity index (χ4v) is 3.78. The SMILES string of the molecule is CCCOc1c(Cl)cc(/C=C/C(=O)NC(C)c2nnc3n2CCCCC3)cc1OC. The molecule has 1 N–H and O–H groups in total. The number of rotatable bonds is 8. The van der Waals surface area contributed by atoms with Crippen LogP contribution in [0.2, 0.25) is 5.02 Å². The second-order valence-corrected chi connectivity index (χ2v) is 7.79. The Morgan fingerprint density at radius 1 is 1.33 bits per heavy atom. The zero-order chi connectivity index (χ0) is 21.5. The summed E-state index contributed by atoms with van der Waals surface area (Å²) in [7, 11) is 1.56. The number of hydrogen-bond acceptors (Lipinski definition) is 5. The molecule has 7 nitrogen and oxygen atoms in total. The van der Waals surface area contributed by atoms with E-state index in [1.807, 2.05) is 13.8 Å². The number of methoxy groups -OCH3 is 1. The van der Waals surface area contributed by atoms with Gasteiger partial charge in [0, 0.05) is 19.0 Å². The highest BCUT2D eigenvalue weighted by Gasteiger charge is 2.20. The monoisotopic (exact) mass is 432 g/mol. The Morgan fingerprint density at radius 2 is 2.17 bits per heavy atom. The summed E-state index contributed by atoms with van der Waals surface area (Å²) in [5.74, 6) is 2.65. The van der Waals surface area contributed by atoms with E-state index in [0.717, 1.165) is 49.4 Å². The molecule has 1 atom stereocenters. The van der Waals surface area contributed by atoms with Crippen LogP contribution < -0.4 is 14.8 Å². The van der Waals surface area contributed by atoms with Crippen LogP contribution in [-0.4, -0.2) is 34.4 Å². The van der Waals surface area contributed by atoms with Gasteiger partial charge in [-0.2, -0.15) is 0 Å². The second-order valence-electron chi connectivity index (χ2n) is 7.38. The van der Waals surface area contributed by atoms with Gasteiger partial charge in [-0.1, -0.05) is 24.9 Å². The minimum atomic E-state index is -0.232. The number of carbonyl (C=O) groups excluding carboxylic acids is 1. The van der Waals surface area contributed by atoms with Crippen molar-refractivity contribution >= 4 is 23.6 Å². The first kappa shape index (κ1) is 22.2. The number of ether oxygens (including phenoxy) is 2. The molecule has 1 aromatic heterocycles. The van der Waals surface area contributed by atoms with Gasteiger partial charge in [0.25, 0.3) is 0 Å². The van der Waals surface area contributed by atoms with Crippen LogP contribution in [0.15, 0.2) is 18.2 Å². The lowest BCUT2D eigenvalue weighted by atomic mass is 10.1. The van der Waals surface area contributed by atoms with Gasteiger partial charge < -0.3 is 19.4 Å². The lowest BCUT2D eigenvalue weighted by Gasteiger charge is -2.14. The molecular weight excluding hydrogens is 404 g/mol. The van der Waals surface area contributed by atoms with Crippen LogP contribution in [0, 0.1) is 0 Å². The molecule has 1 aliphatic rings. The molecule has 30 heavy (non-hydrogen) atoms. The molecule has 0 fully saturated rings. The first-order chi connectivity index (χ1) is 14.5. The summed E-state index contributed by atoms with van der Waals surface area (Å²) < 4.78 is 13.2. The third kappa shape index (κ3) is 5.33. The van der Waals surface area contributed by atoms with E-state index < -0.39 is 0 Å². The largest absolute Gasteiger partial charge is 0.493 e. The van der Waals surface area contributed by atoms with Crippen LogP contribution in [0.1, 0.15) is 62.8 Å². The van der Waals surface area contributed by atoms with Gasteiger partial charge >= 0.3 is 0 Å². The molecule has 8 heteroatoms. The summed E-state index contributed by atoms with van der Waals surface area (Å²) in [6.45, 7) is 5.40. The third-order valence-electron chi connectivity index (χ3n) is 5.01. The van der Waals surface area contributed by atoms with Crippen molar-refractivity contribution < 1.29 is 14.3 Å². The average Bonchev–Trinajstić information content (AvgIpc) is 2.99. The molecular formula is C22H29ClN4O3. The van der Waals surface area contributed by atoms with Gasteiger partial charge in [-0.15, -0.1) is 10.2 Å². The highest BCUT2D eigenvalue weighted by atomic mass is 35.5. The summed E-state index contributed by atoms with van der Waals surface area (Å²) in [4.78, 5) is 12.5. The highest BCUT2D eigenvalue weighted by Crippen LogP contribution is 2.36. The minimum absolute atomic E-state index is 0.213. The smallest absolute Gasteiger partial charge is 0.244 e. The van der Waals surface area contributed by atoms with Crippen LogP contribution in [0.25, 0.3) is 6.08 Å². The van der Waals surface area contributed by atoms with Gasteiger partial charge in [0.15, 0.2) is 17.3 Å². The van der Waals surface area contributed by atoms with Gasteiger partial charge in [-0.25, -0.2) is 0 Å². The van der Waals surface area contributed by atoms with Crippen molar-refractivity contribution in [2.45, 2.75) is 58.5 Å². The minimum Gasteiger partial charge on any atom is -0.493 e. The van der Waals surface area contributed by atoms with E-state index in [-0.39, 0.29) is 11.9 Å². The number of hydrogen-bond donors (Lipinski definition) is 1. The van der Waals surface area contributed by atoms with E-state index in [0.29, 0.717) is 23.1 Å². The maximum absolute atomic E-state index is 12.5. The van der Waals surface area contributed by atoms with Crippen molar-refractivity contribution in [3.05, 3.63) is 40.4 Å². The van der Waals surface area contributed by atoms with Crippen molar-refractivity contribution in [3.63, 3.8) is 0 Å². The van der Waals surface area contributed by atoms with E-state index in [2.05, 4.69) is 20.1 Å². The van der Waals surface area contributed by atoms with Gasteiger partial charge in [-0.05, 0) is 50.0 Å². The summed E-state index contributed by atoms with van der Waals surface area (Å²) in [5.41, 5.74) is 0.750. The quantitative estimate of drug-likeness (QED) is 0.627. The normalized spacial score (nSPS) is 14.8. The first-order valence-corrected chi connectivity index (χ1v) is 10.8. The topological polar surface area (TPSA) is 78.3 Å². The van der Waals surface area contributed by atoms with E-state index >= 15 is 0 Å². The maximum Gasteiger partial charge on any atom is 0.244 e. The number of amides is 1. The summed E-state index contributed by atoms with van der Waals surface area (Å²) in [5, 5.41) is 12.0. The summed E-state index contributed by atoms with van der Waals surface area (Å²) in [6, 6.07) is 3.31. The Balaban J connectivity index is 1.67. The van der Waals surface area contributed by atoms with Gasteiger partial charge in [-0.3, -0.25) is 4.79 Å². The van der Waals surface area contributed by atoms with Gasteiger partial charge in [0.2, 0.25) is 5.91 Å². The molecule has 1 unspecified atom stereocenters. The summed E-state index contributed by atoms with van der Waals surface area (Å²) in [6.07, 6.45) is 8.43. The lowest BCUT2D eigenvalue weighted by molar-refractivity contribution is -0.117. The number of aromatic nitrogens is 3. The molecule has 1 aliphatic heterocycles. The molecule has 0 radical (unpaired) electrons. The molecule has 1 amide bonds. The number of halogens is 1. The van der Waals surface area contributed by atoms with Crippen molar-refractivity contribution in [1.29, 1.82) is 0 Å². The molecule has 0 aliphatic carbocycles. The van der Waals surface area contributed by atoms with Crippen LogP contribution in [0.4, 0.5) is 0 Å². The Hall–Kier alpha value is -2.54. The molecule has 0 saturated heterocycles.